The molecule has 0 aliphatic rings. The van der Waals surface area contributed by atoms with Gasteiger partial charge in [-0.25, -0.2) is 4.57 Å². The zero-order valence-corrected chi connectivity index (χ0v) is 37.7. The lowest BCUT2D eigenvalue weighted by Crippen LogP contribution is -2.29. The van der Waals surface area contributed by atoms with E-state index >= 15 is 0 Å². The van der Waals surface area contributed by atoms with Crippen molar-refractivity contribution >= 4 is 19.8 Å². The van der Waals surface area contributed by atoms with Crippen LogP contribution in [0.4, 0.5) is 0 Å². The number of carbonyl (C=O) groups is 2. The third-order valence-corrected chi connectivity index (χ3v) is 9.65. The average Bonchev–Trinajstić information content (AvgIpc) is 3.23. The maximum Gasteiger partial charge on any atom is 0.472 e. The predicted octanol–water partition coefficient (Wildman–Crippen LogP) is 14.4. The number of phosphoric acid groups is 1. The third kappa shape index (κ3) is 43.8. The Bertz CT molecular complexity index is 1360. The third-order valence-electron chi connectivity index (χ3n) is 8.71. The molecule has 0 aliphatic heterocycles. The smallest absolute Gasteiger partial charge is 0.462 e. The minimum absolute atomic E-state index is 0.110. The van der Waals surface area contributed by atoms with Gasteiger partial charge in [0.2, 0.25) is 0 Å². The van der Waals surface area contributed by atoms with E-state index in [1.807, 2.05) is 12.2 Å². The molecule has 0 rings (SSSR count). The summed E-state index contributed by atoms with van der Waals surface area (Å²) in [6.45, 7) is 3.58. The Kier molecular flexibility index (Phi) is 41.4. The molecule has 332 valence electrons. The molecular formula is C50H79O8P. The van der Waals surface area contributed by atoms with Crippen molar-refractivity contribution in [1.82, 2.24) is 0 Å². The highest BCUT2D eigenvalue weighted by molar-refractivity contribution is 7.47. The quantitative estimate of drug-likeness (QED) is 0.0282. The van der Waals surface area contributed by atoms with E-state index in [0.29, 0.717) is 12.8 Å². The van der Waals surface area contributed by atoms with Crippen LogP contribution in [-0.2, 0) is 32.7 Å². The zero-order chi connectivity index (χ0) is 43.2. The van der Waals surface area contributed by atoms with Gasteiger partial charge in [0, 0.05) is 20.0 Å². The Morgan fingerprint density at radius 1 is 0.475 bits per heavy atom. The van der Waals surface area contributed by atoms with Gasteiger partial charge in [-0.15, -0.1) is 0 Å². The Labute approximate surface area is 359 Å². The summed E-state index contributed by atoms with van der Waals surface area (Å²) in [5.74, 6) is -0.923. The van der Waals surface area contributed by atoms with E-state index in [4.69, 9.17) is 14.0 Å². The number of ether oxygens (including phenoxy) is 2. The molecule has 0 radical (unpaired) electrons. The van der Waals surface area contributed by atoms with Crippen molar-refractivity contribution in [2.24, 2.45) is 0 Å². The van der Waals surface area contributed by atoms with Gasteiger partial charge in [0.05, 0.1) is 6.61 Å². The largest absolute Gasteiger partial charge is 0.472 e. The van der Waals surface area contributed by atoms with Crippen molar-refractivity contribution in [2.75, 3.05) is 20.3 Å². The Morgan fingerprint density at radius 2 is 0.847 bits per heavy atom. The lowest BCUT2D eigenvalue weighted by atomic mass is 10.1. The molecule has 9 heteroatoms. The standard InChI is InChI=1S/C50H79O8P/c1-4-6-8-10-12-14-16-18-20-22-24-25-27-28-30-32-34-36-38-40-42-44-49(51)56-46-48(47-57-59(53,54)55-3)58-50(52)45-43-41-39-37-35-33-31-29-26-23-21-19-17-15-13-11-9-7-5-2/h6-9,12-15,18-21,24-26,29,33,35,39,41,48H,4-5,10-11,16-17,22-23,27-28,30-32,34,36-38,40,42-47H2,1-3H3,(H,53,54)/b8-6-,9-7-,14-12-,15-13-,20-18-,21-19-,25-24-,29-26-,35-33-,41-39-. The number of hydrogen-bond donors (Lipinski definition) is 1. The van der Waals surface area contributed by atoms with Crippen molar-refractivity contribution in [3.05, 3.63) is 122 Å². The molecule has 0 saturated heterocycles. The van der Waals surface area contributed by atoms with Crippen LogP contribution in [0.2, 0.25) is 0 Å². The van der Waals surface area contributed by atoms with E-state index in [0.717, 1.165) is 97.0 Å². The predicted molar refractivity (Wildman–Crippen MR) is 248 cm³/mol. The molecule has 0 aromatic heterocycles. The van der Waals surface area contributed by atoms with Crippen LogP contribution < -0.4 is 0 Å². The molecular weight excluding hydrogens is 760 g/mol. The summed E-state index contributed by atoms with van der Waals surface area (Å²) < 4.78 is 31.9. The number of hydrogen-bond acceptors (Lipinski definition) is 7. The van der Waals surface area contributed by atoms with E-state index in [1.54, 1.807) is 0 Å². The Balaban J connectivity index is 4.14. The van der Waals surface area contributed by atoms with Crippen LogP contribution in [0.25, 0.3) is 0 Å². The molecule has 0 bridgehead atoms. The van der Waals surface area contributed by atoms with Crippen LogP contribution >= 0.6 is 7.82 Å². The van der Waals surface area contributed by atoms with Crippen molar-refractivity contribution in [3.63, 3.8) is 0 Å². The molecule has 0 spiro atoms. The molecule has 2 unspecified atom stereocenters. The van der Waals surface area contributed by atoms with Crippen LogP contribution in [0.3, 0.4) is 0 Å². The molecule has 0 heterocycles. The van der Waals surface area contributed by atoms with E-state index in [2.05, 4.69) is 128 Å². The van der Waals surface area contributed by atoms with Crippen LogP contribution in [0, 0.1) is 0 Å². The van der Waals surface area contributed by atoms with E-state index in [-0.39, 0.29) is 19.4 Å². The highest BCUT2D eigenvalue weighted by atomic mass is 31.2. The van der Waals surface area contributed by atoms with Crippen LogP contribution in [0.1, 0.15) is 155 Å². The lowest BCUT2D eigenvalue weighted by Gasteiger charge is -2.19. The van der Waals surface area contributed by atoms with Crippen LogP contribution in [0.15, 0.2) is 122 Å². The van der Waals surface area contributed by atoms with Gasteiger partial charge >= 0.3 is 19.8 Å². The van der Waals surface area contributed by atoms with Crippen LogP contribution in [-0.4, -0.2) is 43.3 Å². The fourth-order valence-corrected chi connectivity index (χ4v) is 5.84. The number of phosphoric ester groups is 1. The molecule has 0 amide bonds. The Morgan fingerprint density at radius 3 is 1.27 bits per heavy atom. The molecule has 8 nitrogen and oxygen atoms in total. The molecule has 2 atom stereocenters. The highest BCUT2D eigenvalue weighted by Gasteiger charge is 2.24. The first-order valence-corrected chi connectivity index (χ1v) is 23.7. The monoisotopic (exact) mass is 839 g/mol. The van der Waals surface area contributed by atoms with Gasteiger partial charge in [0.1, 0.15) is 6.61 Å². The van der Waals surface area contributed by atoms with Gasteiger partial charge in [0.25, 0.3) is 0 Å². The molecule has 0 aliphatic carbocycles. The normalized spacial score (nSPS) is 14.4. The van der Waals surface area contributed by atoms with Crippen molar-refractivity contribution in [2.45, 2.75) is 161 Å². The Hall–Kier alpha value is -3.55. The van der Waals surface area contributed by atoms with Crippen LogP contribution in [0.5, 0.6) is 0 Å². The summed E-state index contributed by atoms with van der Waals surface area (Å²) in [4.78, 5) is 34.5. The van der Waals surface area contributed by atoms with Gasteiger partial charge in [-0.05, 0) is 89.9 Å². The summed E-state index contributed by atoms with van der Waals surface area (Å²) in [5.41, 5.74) is 0. The van der Waals surface area contributed by atoms with Crippen molar-refractivity contribution in [3.8, 4) is 0 Å². The molecule has 0 aromatic rings. The number of carbonyl (C=O) groups excluding carboxylic acids is 2. The fraction of sp³-hybridized carbons (Fsp3) is 0.560. The summed E-state index contributed by atoms with van der Waals surface area (Å²) in [5, 5.41) is 0. The van der Waals surface area contributed by atoms with E-state index in [1.165, 1.54) is 25.7 Å². The molecule has 59 heavy (non-hydrogen) atoms. The zero-order valence-electron chi connectivity index (χ0n) is 36.8. The van der Waals surface area contributed by atoms with E-state index in [9.17, 15) is 19.0 Å². The van der Waals surface area contributed by atoms with Gasteiger partial charge in [-0.3, -0.25) is 18.6 Å². The minimum Gasteiger partial charge on any atom is -0.462 e. The van der Waals surface area contributed by atoms with Gasteiger partial charge in [0.15, 0.2) is 6.10 Å². The molecule has 0 aromatic carbocycles. The number of rotatable bonds is 39. The highest BCUT2D eigenvalue weighted by Crippen LogP contribution is 2.42. The number of allylic oxidation sites excluding steroid dienone is 20. The maximum atomic E-state index is 12.5. The second-order valence-electron chi connectivity index (χ2n) is 14.1. The second-order valence-corrected chi connectivity index (χ2v) is 15.6. The van der Waals surface area contributed by atoms with E-state index < -0.39 is 32.5 Å². The minimum atomic E-state index is -4.30. The number of unbranched alkanes of at least 4 members (excludes halogenated alkanes) is 8. The molecule has 0 fully saturated rings. The lowest BCUT2D eigenvalue weighted by molar-refractivity contribution is -0.161. The maximum absolute atomic E-state index is 12.5. The van der Waals surface area contributed by atoms with Gasteiger partial charge in [-0.2, -0.15) is 0 Å². The first-order valence-electron chi connectivity index (χ1n) is 22.2. The number of esters is 2. The SMILES string of the molecule is CC/C=C\C/C=C\C/C=C\C/C=C\C/C=C\C/C=C\CCC(=O)OC(COC(=O)CCCCCCCCCC/C=C\C/C=C\C/C=C\C/C=C\CC)COP(=O)(O)OC. The summed E-state index contributed by atoms with van der Waals surface area (Å²) in [6, 6.07) is 0. The van der Waals surface area contributed by atoms with Gasteiger partial charge in [-0.1, -0.05) is 174 Å². The second kappa shape index (κ2) is 44.0. The van der Waals surface area contributed by atoms with Crippen molar-refractivity contribution < 1.29 is 37.6 Å². The molecule has 0 saturated carbocycles. The fourth-order valence-electron chi connectivity index (χ4n) is 5.38. The topological polar surface area (TPSA) is 108 Å². The first kappa shape index (κ1) is 55.5. The summed E-state index contributed by atoms with van der Waals surface area (Å²) in [7, 11) is -3.25. The first-order chi connectivity index (χ1) is 28.8. The summed E-state index contributed by atoms with van der Waals surface area (Å²) >= 11 is 0. The average molecular weight is 839 g/mol. The molecule has 1 N–H and O–H groups in total. The van der Waals surface area contributed by atoms with Crippen molar-refractivity contribution in [1.29, 1.82) is 0 Å². The van der Waals surface area contributed by atoms with Gasteiger partial charge < -0.3 is 14.4 Å². The summed E-state index contributed by atoms with van der Waals surface area (Å²) in [6.07, 6.45) is 62.6.